The molecule has 2 aromatic heterocycles. The van der Waals surface area contributed by atoms with Crippen molar-refractivity contribution in [1.82, 2.24) is 14.5 Å². The number of rotatable bonds is 3. The lowest BCUT2D eigenvalue weighted by atomic mass is 10.3. The van der Waals surface area contributed by atoms with E-state index in [1.807, 2.05) is 43.6 Å². The average Bonchev–Trinajstić information content (AvgIpc) is 2.75. The van der Waals surface area contributed by atoms with Crippen LogP contribution in [0.2, 0.25) is 0 Å². The Morgan fingerprint density at radius 1 is 1.17 bits per heavy atom. The third kappa shape index (κ3) is 1.93. The van der Waals surface area contributed by atoms with Gasteiger partial charge in [0.2, 0.25) is 5.95 Å². The van der Waals surface area contributed by atoms with E-state index < -0.39 is 0 Å². The maximum Gasteiger partial charge on any atom is 0.203 e. The zero-order valence-electron chi connectivity index (χ0n) is 10.2. The molecule has 4 nitrogen and oxygen atoms in total. The van der Waals surface area contributed by atoms with E-state index in [9.17, 15) is 0 Å². The molecule has 0 unspecified atom stereocenters. The lowest BCUT2D eigenvalue weighted by Crippen LogP contribution is -2.04. The molecule has 3 rings (SSSR count). The SMILES string of the molecule is Cn1c(NCc2cccnc2)nc2ccccc21. The Kier molecular flexibility index (Phi) is 2.68. The van der Waals surface area contributed by atoms with Crippen molar-refractivity contribution in [3.8, 4) is 0 Å². The number of nitrogens with zero attached hydrogens (tertiary/aromatic N) is 3. The summed E-state index contributed by atoms with van der Waals surface area (Å²) in [6.07, 6.45) is 3.63. The van der Waals surface area contributed by atoms with Crippen molar-refractivity contribution in [2.24, 2.45) is 7.05 Å². The summed E-state index contributed by atoms with van der Waals surface area (Å²) in [5.41, 5.74) is 3.28. The van der Waals surface area contributed by atoms with Gasteiger partial charge in [-0.15, -0.1) is 0 Å². The number of imidazole rings is 1. The highest BCUT2D eigenvalue weighted by Crippen LogP contribution is 2.17. The summed E-state index contributed by atoms with van der Waals surface area (Å²) < 4.78 is 2.06. The molecule has 0 bridgehead atoms. The van der Waals surface area contributed by atoms with Gasteiger partial charge in [-0.2, -0.15) is 0 Å². The van der Waals surface area contributed by atoms with Gasteiger partial charge in [0, 0.05) is 26.0 Å². The van der Waals surface area contributed by atoms with E-state index in [2.05, 4.69) is 25.9 Å². The van der Waals surface area contributed by atoms with Gasteiger partial charge < -0.3 is 9.88 Å². The lowest BCUT2D eigenvalue weighted by molar-refractivity contribution is 0.925. The summed E-state index contributed by atoms with van der Waals surface area (Å²) in [5, 5.41) is 3.33. The Labute approximate surface area is 105 Å². The number of benzene rings is 1. The number of pyridine rings is 1. The molecule has 2 heterocycles. The van der Waals surface area contributed by atoms with Crippen molar-refractivity contribution in [1.29, 1.82) is 0 Å². The van der Waals surface area contributed by atoms with Crippen LogP contribution in [0.1, 0.15) is 5.56 Å². The summed E-state index contributed by atoms with van der Waals surface area (Å²) in [6.45, 7) is 0.727. The predicted octanol–water partition coefficient (Wildman–Crippen LogP) is 2.58. The molecule has 0 aliphatic carbocycles. The molecular formula is C14H14N4. The van der Waals surface area contributed by atoms with Gasteiger partial charge in [-0.05, 0) is 23.8 Å². The van der Waals surface area contributed by atoms with Crippen LogP contribution in [-0.2, 0) is 13.6 Å². The second-order valence-corrected chi connectivity index (χ2v) is 4.20. The van der Waals surface area contributed by atoms with Crippen LogP contribution < -0.4 is 5.32 Å². The largest absolute Gasteiger partial charge is 0.351 e. The molecule has 0 fully saturated rings. The van der Waals surface area contributed by atoms with Crippen LogP contribution in [0.4, 0.5) is 5.95 Å². The van der Waals surface area contributed by atoms with E-state index in [4.69, 9.17) is 0 Å². The smallest absolute Gasteiger partial charge is 0.203 e. The zero-order chi connectivity index (χ0) is 12.4. The van der Waals surface area contributed by atoms with Crippen LogP contribution in [0.25, 0.3) is 11.0 Å². The van der Waals surface area contributed by atoms with Crippen molar-refractivity contribution >= 4 is 17.0 Å². The minimum atomic E-state index is 0.727. The predicted molar refractivity (Wildman–Crippen MR) is 72.3 cm³/mol. The van der Waals surface area contributed by atoms with E-state index in [1.54, 1.807) is 6.20 Å². The summed E-state index contributed by atoms with van der Waals surface area (Å²) in [5.74, 6) is 0.875. The van der Waals surface area contributed by atoms with Crippen LogP contribution in [0.3, 0.4) is 0 Å². The molecule has 0 atom stereocenters. The van der Waals surface area contributed by atoms with Crippen LogP contribution in [0, 0.1) is 0 Å². The first-order valence-electron chi connectivity index (χ1n) is 5.89. The first-order chi connectivity index (χ1) is 8.84. The topological polar surface area (TPSA) is 42.7 Å². The highest BCUT2D eigenvalue weighted by Gasteiger charge is 2.05. The lowest BCUT2D eigenvalue weighted by Gasteiger charge is -2.05. The van der Waals surface area contributed by atoms with Crippen molar-refractivity contribution in [2.75, 3.05) is 5.32 Å². The number of anilines is 1. The Hall–Kier alpha value is -2.36. The summed E-state index contributed by atoms with van der Waals surface area (Å²) >= 11 is 0. The Morgan fingerprint density at radius 2 is 2.06 bits per heavy atom. The molecule has 0 radical (unpaired) electrons. The Bertz CT molecular complexity index is 658. The molecule has 3 aromatic rings. The molecule has 0 amide bonds. The van der Waals surface area contributed by atoms with Crippen molar-refractivity contribution in [3.05, 3.63) is 54.4 Å². The third-order valence-electron chi connectivity index (χ3n) is 2.96. The van der Waals surface area contributed by atoms with E-state index in [0.717, 1.165) is 29.1 Å². The molecule has 0 aliphatic heterocycles. The number of fused-ring (bicyclic) bond motifs is 1. The second kappa shape index (κ2) is 4.49. The fourth-order valence-corrected chi connectivity index (χ4v) is 1.99. The zero-order valence-corrected chi connectivity index (χ0v) is 10.2. The summed E-state index contributed by atoms with van der Waals surface area (Å²) in [6, 6.07) is 12.1. The maximum absolute atomic E-state index is 4.56. The van der Waals surface area contributed by atoms with Crippen molar-refractivity contribution in [2.45, 2.75) is 6.54 Å². The number of aryl methyl sites for hydroxylation is 1. The molecule has 0 saturated heterocycles. The fourth-order valence-electron chi connectivity index (χ4n) is 1.99. The first kappa shape index (κ1) is 10.8. The van der Waals surface area contributed by atoms with Gasteiger partial charge in [0.1, 0.15) is 0 Å². The quantitative estimate of drug-likeness (QED) is 0.762. The van der Waals surface area contributed by atoms with Gasteiger partial charge in [-0.3, -0.25) is 4.98 Å². The number of aromatic nitrogens is 3. The number of hydrogen-bond donors (Lipinski definition) is 1. The Morgan fingerprint density at radius 3 is 2.83 bits per heavy atom. The monoisotopic (exact) mass is 238 g/mol. The van der Waals surface area contributed by atoms with E-state index in [0.29, 0.717) is 0 Å². The van der Waals surface area contributed by atoms with E-state index in [1.165, 1.54) is 0 Å². The minimum absolute atomic E-state index is 0.727. The standard InChI is InChI=1S/C14H14N4/c1-18-13-7-3-2-6-12(13)17-14(18)16-10-11-5-4-8-15-9-11/h2-9H,10H2,1H3,(H,16,17). The molecule has 0 aliphatic rings. The number of nitrogens with one attached hydrogen (secondary N) is 1. The van der Waals surface area contributed by atoms with Crippen molar-refractivity contribution in [3.63, 3.8) is 0 Å². The van der Waals surface area contributed by atoms with Gasteiger partial charge in [-0.25, -0.2) is 4.98 Å². The van der Waals surface area contributed by atoms with Gasteiger partial charge in [0.05, 0.1) is 11.0 Å². The third-order valence-corrected chi connectivity index (χ3v) is 2.96. The normalized spacial score (nSPS) is 10.7. The number of hydrogen-bond acceptors (Lipinski definition) is 3. The van der Waals surface area contributed by atoms with Crippen LogP contribution in [-0.4, -0.2) is 14.5 Å². The van der Waals surface area contributed by atoms with E-state index in [-0.39, 0.29) is 0 Å². The maximum atomic E-state index is 4.56. The molecule has 0 spiro atoms. The van der Waals surface area contributed by atoms with E-state index >= 15 is 0 Å². The van der Waals surface area contributed by atoms with Gasteiger partial charge in [-0.1, -0.05) is 18.2 Å². The van der Waals surface area contributed by atoms with Crippen LogP contribution >= 0.6 is 0 Å². The van der Waals surface area contributed by atoms with Gasteiger partial charge in [0.25, 0.3) is 0 Å². The van der Waals surface area contributed by atoms with Crippen LogP contribution in [0.15, 0.2) is 48.8 Å². The second-order valence-electron chi connectivity index (χ2n) is 4.20. The van der Waals surface area contributed by atoms with Gasteiger partial charge >= 0.3 is 0 Å². The number of para-hydroxylation sites is 2. The molecule has 1 aromatic carbocycles. The highest BCUT2D eigenvalue weighted by molar-refractivity contribution is 5.78. The van der Waals surface area contributed by atoms with Crippen LogP contribution in [0.5, 0.6) is 0 Å². The Balaban J connectivity index is 1.85. The fraction of sp³-hybridized carbons (Fsp3) is 0.143. The molecule has 4 heteroatoms. The molecular weight excluding hydrogens is 224 g/mol. The van der Waals surface area contributed by atoms with Gasteiger partial charge in [0.15, 0.2) is 0 Å². The molecule has 0 saturated carbocycles. The first-order valence-corrected chi connectivity index (χ1v) is 5.89. The highest BCUT2D eigenvalue weighted by atomic mass is 15.2. The molecule has 18 heavy (non-hydrogen) atoms. The van der Waals surface area contributed by atoms with Crippen molar-refractivity contribution < 1.29 is 0 Å². The average molecular weight is 238 g/mol. The molecule has 1 N–H and O–H groups in total. The minimum Gasteiger partial charge on any atom is -0.351 e. The molecule has 90 valence electrons. The summed E-state index contributed by atoms with van der Waals surface area (Å²) in [7, 11) is 2.01. The summed E-state index contributed by atoms with van der Waals surface area (Å²) in [4.78, 5) is 8.65.